The van der Waals surface area contributed by atoms with Crippen molar-refractivity contribution in [3.05, 3.63) is 82.2 Å². The quantitative estimate of drug-likeness (QED) is 0.661. The molecule has 5 nitrogen and oxygen atoms in total. The van der Waals surface area contributed by atoms with Crippen molar-refractivity contribution in [1.29, 1.82) is 0 Å². The summed E-state index contributed by atoms with van der Waals surface area (Å²) in [6.07, 6.45) is 1.57. The second-order valence-corrected chi connectivity index (χ2v) is 10.1. The minimum absolute atomic E-state index is 0.00656. The Morgan fingerprint density at radius 3 is 2.59 bits per heavy atom. The van der Waals surface area contributed by atoms with Crippen LogP contribution in [0.2, 0.25) is 0 Å². The minimum atomic E-state index is -3.61. The highest BCUT2D eigenvalue weighted by molar-refractivity contribution is 7.94. The van der Waals surface area contributed by atoms with E-state index in [2.05, 4.69) is 4.72 Å². The fourth-order valence-corrected chi connectivity index (χ4v) is 5.80. The smallest absolute Gasteiger partial charge is 0.271 e. The van der Waals surface area contributed by atoms with E-state index in [9.17, 15) is 13.2 Å². The summed E-state index contributed by atoms with van der Waals surface area (Å²) in [5.41, 5.74) is 3.30. The number of aryl methyl sites for hydroxylation is 1. The highest BCUT2D eigenvalue weighted by atomic mass is 32.2. The third-order valence-corrected chi connectivity index (χ3v) is 8.13. The lowest BCUT2D eigenvalue weighted by Gasteiger charge is -2.29. The third-order valence-electron chi connectivity index (χ3n) is 5.03. The molecule has 0 saturated heterocycles. The van der Waals surface area contributed by atoms with Gasteiger partial charge in [-0.05, 0) is 60.4 Å². The Morgan fingerprint density at radius 2 is 1.86 bits per heavy atom. The molecule has 0 radical (unpaired) electrons. The van der Waals surface area contributed by atoms with Gasteiger partial charge < -0.3 is 4.90 Å². The first-order valence-corrected chi connectivity index (χ1v) is 11.8. The maximum absolute atomic E-state index is 12.8. The zero-order chi connectivity index (χ0) is 20.4. The first-order chi connectivity index (χ1) is 14.0. The van der Waals surface area contributed by atoms with Crippen molar-refractivity contribution in [2.75, 3.05) is 11.3 Å². The molecule has 3 aromatic rings. The lowest BCUT2D eigenvalue weighted by Crippen LogP contribution is -2.36. The molecule has 0 unspecified atom stereocenters. The Kier molecular flexibility index (Phi) is 5.43. The number of carbonyl (C=O) groups excluding carboxylic acids is 1. The van der Waals surface area contributed by atoms with Crippen molar-refractivity contribution in [2.45, 2.75) is 30.5 Å². The van der Waals surface area contributed by atoms with E-state index in [0.717, 1.165) is 28.8 Å². The van der Waals surface area contributed by atoms with E-state index >= 15 is 0 Å². The number of nitrogens with zero attached hydrogens (tertiary/aromatic N) is 1. The summed E-state index contributed by atoms with van der Waals surface area (Å²) in [5.74, 6) is -0.00656. The number of hydrogen-bond donors (Lipinski definition) is 1. The SMILES string of the molecule is CCc1ccc(S(=O)(=O)Nc2ccc3c(c2)CN(C(=O)c2ccccc2)CC3)s1. The molecule has 1 aliphatic rings. The number of rotatable bonds is 5. The molecule has 0 saturated carbocycles. The fourth-order valence-electron chi connectivity index (χ4n) is 3.46. The minimum Gasteiger partial charge on any atom is -0.334 e. The number of nitrogens with one attached hydrogen (secondary N) is 1. The molecule has 29 heavy (non-hydrogen) atoms. The van der Waals surface area contributed by atoms with Crippen LogP contribution in [0.25, 0.3) is 0 Å². The standard InChI is InChI=1S/C22H22N2O3S2/c1-2-20-10-11-21(28-20)29(26,27)23-19-9-8-16-12-13-24(15-18(16)14-19)22(25)17-6-4-3-5-7-17/h3-11,14,23H,2,12-13,15H2,1H3. The van der Waals surface area contributed by atoms with Gasteiger partial charge in [-0.3, -0.25) is 9.52 Å². The Labute approximate surface area is 175 Å². The number of amides is 1. The Bertz CT molecular complexity index is 1140. The van der Waals surface area contributed by atoms with Crippen molar-refractivity contribution >= 4 is 33.0 Å². The Balaban J connectivity index is 1.53. The number of benzene rings is 2. The number of hydrogen-bond acceptors (Lipinski definition) is 4. The van der Waals surface area contributed by atoms with E-state index < -0.39 is 10.0 Å². The monoisotopic (exact) mass is 426 g/mol. The molecule has 0 bridgehead atoms. The van der Waals surface area contributed by atoms with Gasteiger partial charge in [-0.25, -0.2) is 8.42 Å². The topological polar surface area (TPSA) is 66.5 Å². The van der Waals surface area contributed by atoms with Crippen LogP contribution in [-0.2, 0) is 29.4 Å². The predicted octanol–water partition coefficient (Wildman–Crippen LogP) is 4.31. The summed E-state index contributed by atoms with van der Waals surface area (Å²) in [5, 5.41) is 0. The lowest BCUT2D eigenvalue weighted by atomic mass is 9.98. The molecular formula is C22H22N2O3S2. The van der Waals surface area contributed by atoms with Gasteiger partial charge in [0, 0.05) is 29.2 Å². The Morgan fingerprint density at radius 1 is 1.07 bits per heavy atom. The van der Waals surface area contributed by atoms with Gasteiger partial charge in [0.1, 0.15) is 4.21 Å². The molecule has 2 heterocycles. The van der Waals surface area contributed by atoms with Gasteiger partial charge in [-0.1, -0.05) is 31.2 Å². The van der Waals surface area contributed by atoms with Crippen LogP contribution >= 0.6 is 11.3 Å². The maximum atomic E-state index is 12.8. The molecule has 1 amide bonds. The van der Waals surface area contributed by atoms with Crippen molar-refractivity contribution < 1.29 is 13.2 Å². The summed E-state index contributed by atoms with van der Waals surface area (Å²) >= 11 is 1.29. The first-order valence-electron chi connectivity index (χ1n) is 9.54. The van der Waals surface area contributed by atoms with Crippen molar-refractivity contribution in [3.63, 3.8) is 0 Å². The van der Waals surface area contributed by atoms with Crippen molar-refractivity contribution in [2.24, 2.45) is 0 Å². The average Bonchev–Trinajstić information content (AvgIpc) is 3.23. The van der Waals surface area contributed by atoms with Gasteiger partial charge in [0.15, 0.2) is 0 Å². The van der Waals surface area contributed by atoms with Crippen LogP contribution in [-0.4, -0.2) is 25.8 Å². The summed E-state index contributed by atoms with van der Waals surface area (Å²) in [6, 6.07) is 18.3. The zero-order valence-electron chi connectivity index (χ0n) is 16.1. The lowest BCUT2D eigenvalue weighted by molar-refractivity contribution is 0.0734. The summed E-state index contributed by atoms with van der Waals surface area (Å²) < 4.78 is 28.4. The van der Waals surface area contributed by atoms with Crippen LogP contribution in [0.3, 0.4) is 0 Å². The molecule has 0 aliphatic carbocycles. The molecule has 0 fully saturated rings. The number of sulfonamides is 1. The van der Waals surface area contributed by atoms with Gasteiger partial charge in [0.25, 0.3) is 15.9 Å². The molecule has 0 spiro atoms. The average molecular weight is 427 g/mol. The molecule has 1 N–H and O–H groups in total. The normalized spacial score (nSPS) is 13.8. The van der Waals surface area contributed by atoms with E-state index in [1.807, 2.05) is 60.4 Å². The number of carbonyl (C=O) groups is 1. The van der Waals surface area contributed by atoms with Gasteiger partial charge in [0.2, 0.25) is 0 Å². The molecule has 2 aromatic carbocycles. The molecule has 1 aliphatic heterocycles. The van der Waals surface area contributed by atoms with Crippen LogP contribution in [0, 0.1) is 0 Å². The molecule has 150 valence electrons. The zero-order valence-corrected chi connectivity index (χ0v) is 17.7. The van der Waals surface area contributed by atoms with Crippen LogP contribution in [0.15, 0.2) is 64.9 Å². The number of thiophene rings is 1. The molecule has 4 rings (SSSR count). The van der Waals surface area contributed by atoms with E-state index in [1.165, 1.54) is 11.3 Å². The van der Waals surface area contributed by atoms with E-state index in [0.29, 0.717) is 28.5 Å². The van der Waals surface area contributed by atoms with Crippen molar-refractivity contribution in [3.8, 4) is 0 Å². The largest absolute Gasteiger partial charge is 0.334 e. The molecule has 0 atom stereocenters. The molecule has 1 aromatic heterocycles. The summed E-state index contributed by atoms with van der Waals surface area (Å²) in [7, 11) is -3.61. The van der Waals surface area contributed by atoms with Crippen LogP contribution in [0.5, 0.6) is 0 Å². The summed E-state index contributed by atoms with van der Waals surface area (Å²) in [4.78, 5) is 15.6. The summed E-state index contributed by atoms with van der Waals surface area (Å²) in [6.45, 7) is 3.13. The van der Waals surface area contributed by atoms with Crippen LogP contribution < -0.4 is 4.72 Å². The predicted molar refractivity (Wildman–Crippen MR) is 116 cm³/mol. The van der Waals surface area contributed by atoms with E-state index in [-0.39, 0.29) is 5.91 Å². The number of fused-ring (bicyclic) bond motifs is 1. The number of anilines is 1. The van der Waals surface area contributed by atoms with Gasteiger partial charge in [-0.2, -0.15) is 0 Å². The van der Waals surface area contributed by atoms with Crippen molar-refractivity contribution in [1.82, 2.24) is 4.90 Å². The van der Waals surface area contributed by atoms with Crippen LogP contribution in [0.1, 0.15) is 33.3 Å². The highest BCUT2D eigenvalue weighted by Crippen LogP contribution is 2.27. The maximum Gasteiger partial charge on any atom is 0.271 e. The fraction of sp³-hybridized carbons (Fsp3) is 0.227. The molecule has 7 heteroatoms. The van der Waals surface area contributed by atoms with Crippen LogP contribution in [0.4, 0.5) is 5.69 Å². The molecular weight excluding hydrogens is 404 g/mol. The highest BCUT2D eigenvalue weighted by Gasteiger charge is 2.23. The Hall–Kier alpha value is -2.64. The third kappa shape index (κ3) is 4.21. The van der Waals surface area contributed by atoms with E-state index in [4.69, 9.17) is 0 Å². The van der Waals surface area contributed by atoms with Gasteiger partial charge >= 0.3 is 0 Å². The van der Waals surface area contributed by atoms with E-state index in [1.54, 1.807) is 12.1 Å². The van der Waals surface area contributed by atoms with Gasteiger partial charge in [-0.15, -0.1) is 11.3 Å². The first kappa shape index (κ1) is 19.7. The second-order valence-electron chi connectivity index (χ2n) is 7.01. The second kappa shape index (κ2) is 8.00. The van der Waals surface area contributed by atoms with Gasteiger partial charge in [0.05, 0.1) is 0 Å².